The molecule has 6 nitrogen and oxygen atoms in total. The number of aryl methyl sites for hydroxylation is 1. The molecule has 0 aliphatic rings. The van der Waals surface area contributed by atoms with E-state index in [-0.39, 0.29) is 0 Å². The zero-order chi connectivity index (χ0) is 21.7. The van der Waals surface area contributed by atoms with Crippen molar-refractivity contribution in [2.75, 3.05) is 17.7 Å². The van der Waals surface area contributed by atoms with Gasteiger partial charge in [-0.2, -0.15) is 5.26 Å². The molecule has 1 heterocycles. The monoisotopic (exact) mass is 402 g/mol. The number of benzene rings is 2. The van der Waals surface area contributed by atoms with E-state index in [1.54, 1.807) is 25.1 Å². The molecule has 0 spiro atoms. The Morgan fingerprint density at radius 1 is 1.20 bits per heavy atom. The van der Waals surface area contributed by atoms with Gasteiger partial charge in [-0.3, -0.25) is 0 Å². The number of nitrogens with two attached hydrogens (primary N) is 1. The quantitative estimate of drug-likeness (QED) is 0.389. The number of hydrogen-bond donors (Lipinski definition) is 3. The lowest BCUT2D eigenvalue weighted by Gasteiger charge is -2.14. The Balaban J connectivity index is 1.80. The number of nitrogen functional groups attached to an aromatic ring is 1. The van der Waals surface area contributed by atoms with Crippen molar-refractivity contribution in [3.05, 3.63) is 70.4 Å². The van der Waals surface area contributed by atoms with Crippen LogP contribution in [0.1, 0.15) is 46.6 Å². The second-order valence-electron chi connectivity index (χ2n) is 6.98. The third kappa shape index (κ3) is 4.15. The number of ether oxygens (including phenoxy) is 1. The summed E-state index contributed by atoms with van der Waals surface area (Å²) in [6.45, 7) is 6.61. The number of carbonyl (C=O) groups is 1. The van der Waals surface area contributed by atoms with Crippen molar-refractivity contribution in [2.45, 2.75) is 33.7 Å². The van der Waals surface area contributed by atoms with Gasteiger partial charge in [-0.1, -0.05) is 37.3 Å². The highest BCUT2D eigenvalue weighted by Crippen LogP contribution is 2.29. The van der Waals surface area contributed by atoms with Crippen LogP contribution < -0.4 is 11.1 Å². The van der Waals surface area contributed by atoms with E-state index in [9.17, 15) is 10.1 Å². The van der Waals surface area contributed by atoms with Crippen LogP contribution in [-0.2, 0) is 17.7 Å². The molecule has 0 aliphatic heterocycles. The van der Waals surface area contributed by atoms with Crippen molar-refractivity contribution in [2.24, 2.45) is 0 Å². The number of nitrogens with one attached hydrogen (secondary N) is 2. The van der Waals surface area contributed by atoms with Crippen molar-refractivity contribution >= 4 is 17.3 Å². The summed E-state index contributed by atoms with van der Waals surface area (Å²) in [7, 11) is 0. The Bertz CT molecular complexity index is 1090. The Labute approximate surface area is 176 Å². The van der Waals surface area contributed by atoms with Crippen molar-refractivity contribution < 1.29 is 9.53 Å². The zero-order valence-corrected chi connectivity index (χ0v) is 17.5. The van der Waals surface area contributed by atoms with E-state index in [2.05, 4.69) is 23.3 Å². The number of anilines is 2. The number of aromatic amines is 1. The number of para-hydroxylation sites is 1. The molecular weight excluding hydrogens is 376 g/mol. The first kappa shape index (κ1) is 21.0. The molecule has 0 saturated carbocycles. The lowest BCUT2D eigenvalue weighted by molar-refractivity contribution is 0.0527. The highest BCUT2D eigenvalue weighted by molar-refractivity contribution is 5.98. The van der Waals surface area contributed by atoms with Crippen LogP contribution in [0.5, 0.6) is 0 Å². The molecule has 0 fully saturated rings. The molecule has 0 aliphatic carbocycles. The number of aromatic nitrogens is 1. The van der Waals surface area contributed by atoms with E-state index in [1.165, 1.54) is 0 Å². The first-order chi connectivity index (χ1) is 14.5. The molecule has 2 aromatic carbocycles. The molecule has 4 N–H and O–H groups in total. The first-order valence-electron chi connectivity index (χ1n) is 10.00. The van der Waals surface area contributed by atoms with Crippen molar-refractivity contribution in [3.8, 4) is 17.3 Å². The highest BCUT2D eigenvalue weighted by atomic mass is 16.5. The summed E-state index contributed by atoms with van der Waals surface area (Å²) in [4.78, 5) is 15.5. The van der Waals surface area contributed by atoms with Gasteiger partial charge < -0.3 is 20.8 Å². The van der Waals surface area contributed by atoms with Gasteiger partial charge in [0, 0.05) is 12.2 Å². The summed E-state index contributed by atoms with van der Waals surface area (Å²) >= 11 is 0. The molecule has 154 valence electrons. The molecule has 0 unspecified atom stereocenters. The molecule has 6 heteroatoms. The van der Waals surface area contributed by atoms with Crippen LogP contribution >= 0.6 is 0 Å². The Morgan fingerprint density at radius 2 is 1.93 bits per heavy atom. The number of hydrogen-bond acceptors (Lipinski definition) is 5. The van der Waals surface area contributed by atoms with Gasteiger partial charge in [-0.15, -0.1) is 0 Å². The summed E-state index contributed by atoms with van der Waals surface area (Å²) in [6.07, 6.45) is 0.814. The van der Waals surface area contributed by atoms with Gasteiger partial charge in [0.25, 0.3) is 0 Å². The minimum atomic E-state index is -0.402. The van der Waals surface area contributed by atoms with Crippen LogP contribution in [0.4, 0.5) is 11.4 Å². The summed E-state index contributed by atoms with van der Waals surface area (Å²) < 4.78 is 5.12. The molecule has 0 radical (unpaired) electrons. The van der Waals surface area contributed by atoms with Gasteiger partial charge in [0.2, 0.25) is 0 Å². The molecular formula is C24H26N4O2. The maximum atomic E-state index is 12.2. The van der Waals surface area contributed by atoms with E-state index < -0.39 is 5.97 Å². The second kappa shape index (κ2) is 9.19. The van der Waals surface area contributed by atoms with E-state index in [0.29, 0.717) is 35.7 Å². The van der Waals surface area contributed by atoms with Gasteiger partial charge in [0.1, 0.15) is 6.07 Å². The fraction of sp³-hybridized carbons (Fsp3) is 0.250. The van der Waals surface area contributed by atoms with Crippen LogP contribution in [0.3, 0.4) is 0 Å². The summed E-state index contributed by atoms with van der Waals surface area (Å²) in [6, 6.07) is 15.5. The van der Waals surface area contributed by atoms with Crippen LogP contribution in [-0.4, -0.2) is 17.6 Å². The van der Waals surface area contributed by atoms with E-state index >= 15 is 0 Å². The molecule has 1 aromatic heterocycles. The van der Waals surface area contributed by atoms with Gasteiger partial charge >= 0.3 is 5.97 Å². The molecule has 3 rings (SSSR count). The predicted octanol–water partition coefficient (Wildman–Crippen LogP) is 4.80. The van der Waals surface area contributed by atoms with E-state index in [4.69, 9.17) is 10.5 Å². The average Bonchev–Trinajstić information content (AvgIpc) is 3.08. The van der Waals surface area contributed by atoms with Crippen molar-refractivity contribution in [1.82, 2.24) is 4.98 Å². The third-order valence-corrected chi connectivity index (χ3v) is 5.09. The largest absolute Gasteiger partial charge is 0.462 e. The minimum absolute atomic E-state index is 0.303. The van der Waals surface area contributed by atoms with Crippen LogP contribution in [0.2, 0.25) is 0 Å². The summed E-state index contributed by atoms with van der Waals surface area (Å²) in [5.41, 5.74) is 13.2. The topological polar surface area (TPSA) is 104 Å². The zero-order valence-electron chi connectivity index (χ0n) is 17.5. The smallest absolute Gasteiger partial charge is 0.340 e. The minimum Gasteiger partial charge on any atom is -0.462 e. The maximum Gasteiger partial charge on any atom is 0.340 e. The number of carbonyl (C=O) groups excluding carboxylic acids is 1. The summed E-state index contributed by atoms with van der Waals surface area (Å²) in [5.74, 6) is -0.402. The Morgan fingerprint density at radius 3 is 2.57 bits per heavy atom. The van der Waals surface area contributed by atoms with Crippen LogP contribution in [0.25, 0.3) is 11.3 Å². The van der Waals surface area contributed by atoms with Gasteiger partial charge in [-0.05, 0) is 49.1 Å². The number of rotatable bonds is 7. The van der Waals surface area contributed by atoms with Crippen molar-refractivity contribution in [1.29, 1.82) is 5.26 Å². The molecule has 30 heavy (non-hydrogen) atoms. The fourth-order valence-electron chi connectivity index (χ4n) is 3.57. The Kier molecular flexibility index (Phi) is 6.43. The Hall–Kier alpha value is -3.72. The first-order valence-corrected chi connectivity index (χ1v) is 10.00. The maximum absolute atomic E-state index is 12.2. The normalized spacial score (nSPS) is 10.5. The highest BCUT2D eigenvalue weighted by Gasteiger charge is 2.16. The number of nitrogens with zero attached hydrogens (tertiary/aromatic N) is 1. The molecule has 0 saturated heterocycles. The lowest BCUT2D eigenvalue weighted by atomic mass is 10.0. The van der Waals surface area contributed by atoms with Gasteiger partial charge in [-0.25, -0.2) is 4.79 Å². The van der Waals surface area contributed by atoms with Gasteiger partial charge in [0.05, 0.1) is 34.8 Å². The van der Waals surface area contributed by atoms with E-state index in [0.717, 1.165) is 34.5 Å². The van der Waals surface area contributed by atoms with Gasteiger partial charge in [0.15, 0.2) is 0 Å². The number of H-pyrrole nitrogens is 1. The third-order valence-electron chi connectivity index (χ3n) is 5.09. The number of nitriles is 1. The predicted molar refractivity (Wildman–Crippen MR) is 119 cm³/mol. The van der Waals surface area contributed by atoms with Crippen molar-refractivity contribution in [3.63, 3.8) is 0 Å². The van der Waals surface area contributed by atoms with Crippen LogP contribution in [0, 0.1) is 18.3 Å². The van der Waals surface area contributed by atoms with Crippen LogP contribution in [0.15, 0.2) is 42.5 Å². The molecule has 0 amide bonds. The fourth-order valence-corrected chi connectivity index (χ4v) is 3.57. The average molecular weight is 402 g/mol. The molecule has 0 bridgehead atoms. The second-order valence-corrected chi connectivity index (χ2v) is 6.98. The lowest BCUT2D eigenvalue weighted by Crippen LogP contribution is -2.11. The standard InChI is InChI=1S/C24H26N4O2/c1-4-18-15(3)28-22(20(18)13-25)17-11-9-16(10-12-17)14-27-23-19(24(29)30-5-2)7-6-8-21(23)26/h6-12,27-28H,4-5,14,26H2,1-3H3. The molecule has 0 atom stereocenters. The SMILES string of the molecule is CCOC(=O)c1cccc(N)c1NCc1ccc(-c2[nH]c(C)c(CC)c2C#N)cc1. The van der Waals surface area contributed by atoms with E-state index in [1.807, 2.05) is 31.2 Å². The number of esters is 1. The summed E-state index contributed by atoms with van der Waals surface area (Å²) in [5, 5.41) is 12.8. The molecule has 3 aromatic rings.